The summed E-state index contributed by atoms with van der Waals surface area (Å²) in [5, 5.41) is 18.7. The van der Waals surface area contributed by atoms with E-state index in [4.69, 9.17) is 16.9 Å². The molecule has 2 rings (SSSR count). The van der Waals surface area contributed by atoms with E-state index in [0.717, 1.165) is 0 Å². The predicted octanol–water partition coefficient (Wildman–Crippen LogP) is 2.54. The first-order chi connectivity index (χ1) is 8.61. The lowest BCUT2D eigenvalue weighted by molar-refractivity contribution is 0.103. The van der Waals surface area contributed by atoms with Crippen LogP contribution in [0.4, 0.5) is 0 Å². The summed E-state index contributed by atoms with van der Waals surface area (Å²) in [7, 11) is 0. The van der Waals surface area contributed by atoms with Crippen LogP contribution in [0.15, 0.2) is 36.7 Å². The minimum absolute atomic E-state index is 0.0828. The highest BCUT2D eigenvalue weighted by molar-refractivity contribution is 6.31. The van der Waals surface area contributed by atoms with Gasteiger partial charge < -0.3 is 5.11 Å². The van der Waals surface area contributed by atoms with Crippen LogP contribution in [0.3, 0.4) is 0 Å². The largest absolute Gasteiger partial charge is 0.507 e. The topological polar surface area (TPSA) is 74.0 Å². The Morgan fingerprint density at radius 3 is 2.83 bits per heavy atom. The van der Waals surface area contributed by atoms with Crippen molar-refractivity contribution in [3.8, 4) is 11.8 Å². The van der Waals surface area contributed by atoms with E-state index in [1.165, 1.54) is 36.7 Å². The molecule has 1 heterocycles. The molecule has 5 heteroatoms. The molecule has 0 aliphatic heterocycles. The highest BCUT2D eigenvalue weighted by Gasteiger charge is 2.14. The van der Waals surface area contributed by atoms with Crippen LogP contribution in [-0.4, -0.2) is 15.9 Å². The normalized spacial score (nSPS) is 9.78. The van der Waals surface area contributed by atoms with Crippen molar-refractivity contribution in [1.82, 2.24) is 4.98 Å². The molecule has 0 atom stereocenters. The highest BCUT2D eigenvalue weighted by Crippen LogP contribution is 2.24. The van der Waals surface area contributed by atoms with Crippen molar-refractivity contribution >= 4 is 17.4 Å². The maximum absolute atomic E-state index is 12.1. The van der Waals surface area contributed by atoms with Crippen LogP contribution in [0.2, 0.25) is 5.02 Å². The minimum Gasteiger partial charge on any atom is -0.507 e. The van der Waals surface area contributed by atoms with Gasteiger partial charge in [-0.25, -0.2) is 0 Å². The summed E-state index contributed by atoms with van der Waals surface area (Å²) in [6.45, 7) is 0. The van der Waals surface area contributed by atoms with Gasteiger partial charge in [0.05, 0.1) is 11.1 Å². The van der Waals surface area contributed by atoms with Crippen molar-refractivity contribution < 1.29 is 9.90 Å². The van der Waals surface area contributed by atoms with E-state index in [9.17, 15) is 9.90 Å². The van der Waals surface area contributed by atoms with E-state index in [-0.39, 0.29) is 22.4 Å². The minimum atomic E-state index is -0.431. The molecular weight excluding hydrogens is 252 g/mol. The molecule has 0 fully saturated rings. The number of aromatic nitrogens is 1. The number of ketones is 1. The summed E-state index contributed by atoms with van der Waals surface area (Å²) in [5.74, 6) is -0.591. The molecule has 1 N–H and O–H groups in total. The summed E-state index contributed by atoms with van der Waals surface area (Å²) >= 11 is 5.78. The maximum Gasteiger partial charge on any atom is 0.198 e. The van der Waals surface area contributed by atoms with Crippen molar-refractivity contribution in [3.63, 3.8) is 0 Å². The number of carbonyl (C=O) groups is 1. The van der Waals surface area contributed by atoms with Gasteiger partial charge in [-0.05, 0) is 24.3 Å². The van der Waals surface area contributed by atoms with E-state index in [1.807, 2.05) is 6.07 Å². The number of halogens is 1. The van der Waals surface area contributed by atoms with E-state index < -0.39 is 5.78 Å². The zero-order chi connectivity index (χ0) is 13.1. The number of hydrogen-bond donors (Lipinski definition) is 1. The number of hydrogen-bond acceptors (Lipinski definition) is 4. The lowest BCUT2D eigenvalue weighted by atomic mass is 10.0. The Balaban J connectivity index is 2.48. The van der Waals surface area contributed by atoms with Crippen LogP contribution in [0.25, 0.3) is 0 Å². The monoisotopic (exact) mass is 258 g/mol. The third kappa shape index (κ3) is 2.31. The molecule has 2 aromatic rings. The van der Waals surface area contributed by atoms with E-state index in [2.05, 4.69) is 4.98 Å². The number of phenolic OH excluding ortho intramolecular Hbond substituents is 1. The van der Waals surface area contributed by atoms with E-state index in [0.29, 0.717) is 5.02 Å². The van der Waals surface area contributed by atoms with E-state index >= 15 is 0 Å². The van der Waals surface area contributed by atoms with Gasteiger partial charge in [-0.15, -0.1) is 0 Å². The lowest BCUT2D eigenvalue weighted by Gasteiger charge is -2.04. The molecule has 0 bridgehead atoms. The smallest absolute Gasteiger partial charge is 0.198 e. The van der Waals surface area contributed by atoms with Crippen LogP contribution >= 0.6 is 11.6 Å². The summed E-state index contributed by atoms with van der Waals surface area (Å²) in [6.07, 6.45) is 2.69. The van der Waals surface area contributed by atoms with Gasteiger partial charge in [-0.1, -0.05) is 11.6 Å². The summed E-state index contributed by atoms with van der Waals surface area (Å²) in [4.78, 5) is 15.9. The number of rotatable bonds is 2. The van der Waals surface area contributed by atoms with Gasteiger partial charge in [0.1, 0.15) is 11.8 Å². The number of pyridine rings is 1. The third-order valence-electron chi connectivity index (χ3n) is 2.33. The standard InChI is InChI=1S/C13H7ClN2O2/c14-10-1-2-12(17)11(4-10)13(18)9-3-8(5-15)6-16-7-9/h1-4,6-7,17H. The summed E-state index contributed by atoms with van der Waals surface area (Å²) < 4.78 is 0. The van der Waals surface area contributed by atoms with Crippen LogP contribution in [0.5, 0.6) is 5.75 Å². The number of benzene rings is 1. The van der Waals surface area contributed by atoms with Crippen LogP contribution in [-0.2, 0) is 0 Å². The van der Waals surface area contributed by atoms with Crippen molar-refractivity contribution in [2.24, 2.45) is 0 Å². The van der Waals surface area contributed by atoms with Gasteiger partial charge in [0, 0.05) is 23.0 Å². The maximum atomic E-state index is 12.1. The van der Waals surface area contributed by atoms with E-state index in [1.54, 1.807) is 0 Å². The lowest BCUT2D eigenvalue weighted by Crippen LogP contribution is -2.03. The van der Waals surface area contributed by atoms with Gasteiger partial charge in [-0.3, -0.25) is 9.78 Å². The van der Waals surface area contributed by atoms with Gasteiger partial charge in [0.25, 0.3) is 0 Å². The third-order valence-corrected chi connectivity index (χ3v) is 2.57. The molecule has 4 nitrogen and oxygen atoms in total. The zero-order valence-corrected chi connectivity index (χ0v) is 9.85. The van der Waals surface area contributed by atoms with Gasteiger partial charge >= 0.3 is 0 Å². The van der Waals surface area contributed by atoms with Gasteiger partial charge in [0.2, 0.25) is 0 Å². The molecule has 0 aliphatic rings. The molecule has 1 aromatic heterocycles. The zero-order valence-electron chi connectivity index (χ0n) is 9.09. The first kappa shape index (κ1) is 12.1. The van der Waals surface area contributed by atoms with Crippen molar-refractivity contribution in [1.29, 1.82) is 5.26 Å². The van der Waals surface area contributed by atoms with Crippen molar-refractivity contribution in [3.05, 3.63) is 58.4 Å². The van der Waals surface area contributed by atoms with Crippen molar-refractivity contribution in [2.75, 3.05) is 0 Å². The molecule has 0 aliphatic carbocycles. The highest BCUT2D eigenvalue weighted by atomic mass is 35.5. The van der Waals surface area contributed by atoms with Crippen LogP contribution in [0.1, 0.15) is 21.5 Å². The second-order valence-electron chi connectivity index (χ2n) is 3.56. The summed E-state index contributed by atoms with van der Waals surface area (Å²) in [5.41, 5.74) is 0.591. The first-order valence-corrected chi connectivity index (χ1v) is 5.38. The first-order valence-electron chi connectivity index (χ1n) is 5.00. The Labute approximate surface area is 108 Å². The number of carbonyl (C=O) groups excluding carboxylic acids is 1. The molecule has 0 unspecified atom stereocenters. The SMILES string of the molecule is N#Cc1cncc(C(=O)c2cc(Cl)ccc2O)c1. The summed E-state index contributed by atoms with van der Waals surface area (Å²) in [6, 6.07) is 7.51. The fourth-order valence-electron chi connectivity index (χ4n) is 1.47. The molecule has 0 spiro atoms. The second kappa shape index (κ2) is 4.86. The molecular formula is C13H7ClN2O2. The predicted molar refractivity (Wildman–Crippen MR) is 65.5 cm³/mol. The Hall–Kier alpha value is -2.38. The molecule has 18 heavy (non-hydrogen) atoms. The van der Waals surface area contributed by atoms with Gasteiger partial charge in [-0.2, -0.15) is 5.26 Å². The fraction of sp³-hybridized carbons (Fsp3) is 0. The molecule has 0 amide bonds. The molecule has 88 valence electrons. The van der Waals surface area contributed by atoms with Crippen LogP contribution in [0, 0.1) is 11.3 Å². The number of phenols is 1. The second-order valence-corrected chi connectivity index (χ2v) is 4.00. The quantitative estimate of drug-likeness (QED) is 0.840. The average Bonchev–Trinajstić information content (AvgIpc) is 2.41. The van der Waals surface area contributed by atoms with Crippen molar-refractivity contribution in [2.45, 2.75) is 0 Å². The molecule has 0 saturated carbocycles. The molecule has 0 radical (unpaired) electrons. The fourth-order valence-corrected chi connectivity index (χ4v) is 1.64. The number of nitrogens with zero attached hydrogens (tertiary/aromatic N) is 2. The number of aromatic hydroxyl groups is 1. The average molecular weight is 259 g/mol. The Morgan fingerprint density at radius 1 is 1.33 bits per heavy atom. The molecule has 0 saturated heterocycles. The Kier molecular flexibility index (Phi) is 3.26. The number of nitriles is 1. The Bertz CT molecular complexity index is 662. The van der Waals surface area contributed by atoms with Crippen LogP contribution < -0.4 is 0 Å². The Morgan fingerprint density at radius 2 is 2.11 bits per heavy atom. The van der Waals surface area contributed by atoms with Gasteiger partial charge in [0.15, 0.2) is 5.78 Å². The molecule has 1 aromatic carbocycles.